The monoisotopic (exact) mass is 256 g/mol. The third kappa shape index (κ3) is 4.75. The molecule has 1 aromatic rings. The molecule has 4 heteroatoms. The van der Waals surface area contributed by atoms with Crippen LogP contribution in [0.4, 0.5) is 0 Å². The minimum atomic E-state index is -0.574. The molecule has 0 aromatic heterocycles. The zero-order valence-electron chi connectivity index (χ0n) is 10.6. The SMILES string of the molecule is CCC(C)NC(=O)C(N)c1ccc(C)cc1.Cl. The second kappa shape index (κ2) is 7.30. The molecular formula is C13H21ClN2O. The van der Waals surface area contributed by atoms with Crippen molar-refractivity contribution in [2.45, 2.75) is 39.3 Å². The smallest absolute Gasteiger partial charge is 0.241 e. The van der Waals surface area contributed by atoms with E-state index in [0.717, 1.165) is 12.0 Å². The molecule has 0 fully saturated rings. The molecule has 0 aliphatic carbocycles. The first-order chi connectivity index (χ1) is 7.54. The van der Waals surface area contributed by atoms with Gasteiger partial charge < -0.3 is 11.1 Å². The quantitative estimate of drug-likeness (QED) is 0.869. The Morgan fingerprint density at radius 1 is 1.35 bits per heavy atom. The number of hydrogen-bond acceptors (Lipinski definition) is 2. The predicted molar refractivity (Wildman–Crippen MR) is 73.3 cm³/mol. The Labute approximate surface area is 109 Å². The van der Waals surface area contributed by atoms with Crippen LogP contribution in [-0.4, -0.2) is 11.9 Å². The Balaban J connectivity index is 0.00000256. The van der Waals surface area contributed by atoms with Crippen molar-refractivity contribution < 1.29 is 4.79 Å². The molecule has 0 heterocycles. The molecule has 17 heavy (non-hydrogen) atoms. The molecule has 0 radical (unpaired) electrons. The summed E-state index contributed by atoms with van der Waals surface area (Å²) < 4.78 is 0. The van der Waals surface area contributed by atoms with E-state index in [4.69, 9.17) is 5.73 Å². The van der Waals surface area contributed by atoms with Gasteiger partial charge in [0.25, 0.3) is 0 Å². The Bertz CT molecular complexity index is 351. The number of aryl methyl sites for hydroxylation is 1. The first kappa shape index (κ1) is 15.9. The highest BCUT2D eigenvalue weighted by atomic mass is 35.5. The van der Waals surface area contributed by atoms with Crippen molar-refractivity contribution in [3.8, 4) is 0 Å². The molecular weight excluding hydrogens is 236 g/mol. The van der Waals surface area contributed by atoms with Crippen molar-refractivity contribution in [3.63, 3.8) is 0 Å². The first-order valence-corrected chi connectivity index (χ1v) is 5.67. The Morgan fingerprint density at radius 2 is 1.88 bits per heavy atom. The summed E-state index contributed by atoms with van der Waals surface area (Å²) in [4.78, 5) is 11.8. The Kier molecular flexibility index (Phi) is 6.85. The van der Waals surface area contributed by atoms with Crippen LogP contribution in [-0.2, 0) is 4.79 Å². The molecule has 1 rings (SSSR count). The normalized spacial score (nSPS) is 13.4. The zero-order chi connectivity index (χ0) is 12.1. The third-order valence-corrected chi connectivity index (χ3v) is 2.72. The van der Waals surface area contributed by atoms with E-state index < -0.39 is 6.04 Å². The van der Waals surface area contributed by atoms with E-state index in [-0.39, 0.29) is 24.4 Å². The summed E-state index contributed by atoms with van der Waals surface area (Å²) in [6, 6.07) is 7.32. The molecule has 1 amide bonds. The average Bonchev–Trinajstić information content (AvgIpc) is 2.28. The fourth-order valence-corrected chi connectivity index (χ4v) is 1.36. The summed E-state index contributed by atoms with van der Waals surface area (Å²) in [5.41, 5.74) is 7.90. The molecule has 3 N–H and O–H groups in total. The standard InChI is InChI=1S/C13H20N2O.ClH/c1-4-10(3)15-13(16)12(14)11-7-5-9(2)6-8-11;/h5-8,10,12H,4,14H2,1-3H3,(H,15,16);1H. The van der Waals surface area contributed by atoms with E-state index in [1.807, 2.05) is 45.0 Å². The van der Waals surface area contributed by atoms with E-state index in [9.17, 15) is 4.79 Å². The Morgan fingerprint density at radius 3 is 2.35 bits per heavy atom. The molecule has 2 unspecified atom stereocenters. The number of amides is 1. The maximum Gasteiger partial charge on any atom is 0.241 e. The van der Waals surface area contributed by atoms with Crippen LogP contribution in [0.1, 0.15) is 37.4 Å². The van der Waals surface area contributed by atoms with Crippen LogP contribution >= 0.6 is 12.4 Å². The van der Waals surface area contributed by atoms with Gasteiger partial charge in [0.2, 0.25) is 5.91 Å². The van der Waals surface area contributed by atoms with Crippen LogP contribution in [0.5, 0.6) is 0 Å². The van der Waals surface area contributed by atoms with Crippen molar-refractivity contribution in [1.29, 1.82) is 0 Å². The number of nitrogens with one attached hydrogen (secondary N) is 1. The minimum Gasteiger partial charge on any atom is -0.352 e. The maximum atomic E-state index is 11.8. The predicted octanol–water partition coefficient (Wildman–Crippen LogP) is 2.33. The fourth-order valence-electron chi connectivity index (χ4n) is 1.36. The van der Waals surface area contributed by atoms with Crippen molar-refractivity contribution in [1.82, 2.24) is 5.32 Å². The minimum absolute atomic E-state index is 0. The Hall–Kier alpha value is -1.06. The van der Waals surface area contributed by atoms with Gasteiger partial charge in [-0.3, -0.25) is 4.79 Å². The molecule has 3 nitrogen and oxygen atoms in total. The van der Waals surface area contributed by atoms with E-state index in [0.29, 0.717) is 0 Å². The number of halogens is 1. The number of carbonyl (C=O) groups is 1. The van der Waals surface area contributed by atoms with Crippen molar-refractivity contribution in [2.24, 2.45) is 5.73 Å². The van der Waals surface area contributed by atoms with Gasteiger partial charge >= 0.3 is 0 Å². The lowest BCUT2D eigenvalue weighted by Crippen LogP contribution is -2.39. The highest BCUT2D eigenvalue weighted by Gasteiger charge is 2.16. The van der Waals surface area contributed by atoms with Gasteiger partial charge in [0.05, 0.1) is 0 Å². The fraction of sp³-hybridized carbons (Fsp3) is 0.462. The van der Waals surface area contributed by atoms with Crippen molar-refractivity contribution in [2.75, 3.05) is 0 Å². The summed E-state index contributed by atoms with van der Waals surface area (Å²) in [6.45, 7) is 6.01. The van der Waals surface area contributed by atoms with Crippen molar-refractivity contribution >= 4 is 18.3 Å². The maximum absolute atomic E-state index is 11.8. The molecule has 96 valence electrons. The van der Waals surface area contributed by atoms with Crippen LogP contribution in [0.3, 0.4) is 0 Å². The second-order valence-electron chi connectivity index (χ2n) is 4.21. The van der Waals surface area contributed by atoms with E-state index >= 15 is 0 Å². The topological polar surface area (TPSA) is 55.1 Å². The van der Waals surface area contributed by atoms with Crippen LogP contribution in [0, 0.1) is 6.92 Å². The van der Waals surface area contributed by atoms with Gasteiger partial charge in [-0.2, -0.15) is 0 Å². The average molecular weight is 257 g/mol. The van der Waals surface area contributed by atoms with Gasteiger partial charge in [-0.05, 0) is 25.8 Å². The number of carbonyl (C=O) groups excluding carboxylic acids is 1. The summed E-state index contributed by atoms with van der Waals surface area (Å²) in [7, 11) is 0. The number of hydrogen-bond donors (Lipinski definition) is 2. The second-order valence-corrected chi connectivity index (χ2v) is 4.21. The molecule has 0 spiro atoms. The molecule has 0 bridgehead atoms. The van der Waals surface area contributed by atoms with E-state index in [1.165, 1.54) is 5.56 Å². The number of nitrogens with two attached hydrogens (primary N) is 1. The summed E-state index contributed by atoms with van der Waals surface area (Å²) in [6.07, 6.45) is 0.909. The molecule has 0 saturated carbocycles. The number of rotatable bonds is 4. The third-order valence-electron chi connectivity index (χ3n) is 2.72. The van der Waals surface area contributed by atoms with Gasteiger partial charge in [-0.15, -0.1) is 12.4 Å². The molecule has 1 aromatic carbocycles. The lowest BCUT2D eigenvalue weighted by molar-refractivity contribution is -0.123. The van der Waals surface area contributed by atoms with Gasteiger partial charge in [-0.25, -0.2) is 0 Å². The van der Waals surface area contributed by atoms with E-state index in [2.05, 4.69) is 5.32 Å². The molecule has 0 aliphatic rings. The van der Waals surface area contributed by atoms with Gasteiger partial charge in [0.1, 0.15) is 6.04 Å². The van der Waals surface area contributed by atoms with Crippen LogP contribution in [0.15, 0.2) is 24.3 Å². The summed E-state index contributed by atoms with van der Waals surface area (Å²) in [5, 5.41) is 2.88. The molecule has 0 aliphatic heterocycles. The lowest BCUT2D eigenvalue weighted by Gasteiger charge is -2.16. The highest BCUT2D eigenvalue weighted by molar-refractivity contribution is 5.85. The highest BCUT2D eigenvalue weighted by Crippen LogP contribution is 2.11. The van der Waals surface area contributed by atoms with Gasteiger partial charge in [0.15, 0.2) is 0 Å². The molecule has 2 atom stereocenters. The van der Waals surface area contributed by atoms with Crippen molar-refractivity contribution in [3.05, 3.63) is 35.4 Å². The van der Waals surface area contributed by atoms with E-state index in [1.54, 1.807) is 0 Å². The van der Waals surface area contributed by atoms with Gasteiger partial charge in [0, 0.05) is 6.04 Å². The summed E-state index contributed by atoms with van der Waals surface area (Å²) in [5.74, 6) is -0.113. The first-order valence-electron chi connectivity index (χ1n) is 5.67. The van der Waals surface area contributed by atoms with Crippen LogP contribution < -0.4 is 11.1 Å². The van der Waals surface area contributed by atoms with Crippen LogP contribution in [0.2, 0.25) is 0 Å². The van der Waals surface area contributed by atoms with Crippen LogP contribution in [0.25, 0.3) is 0 Å². The van der Waals surface area contributed by atoms with Gasteiger partial charge in [-0.1, -0.05) is 36.8 Å². The lowest BCUT2D eigenvalue weighted by atomic mass is 10.0. The zero-order valence-corrected chi connectivity index (χ0v) is 11.4. The largest absolute Gasteiger partial charge is 0.352 e. The number of benzene rings is 1. The molecule has 0 saturated heterocycles. The summed E-state index contributed by atoms with van der Waals surface area (Å²) >= 11 is 0.